The molecule has 0 amide bonds. The highest BCUT2D eigenvalue weighted by atomic mass is 16.5. The minimum Gasteiger partial charge on any atom is -0.495 e. The monoisotopic (exact) mass is 292 g/mol. The smallest absolute Gasteiger partial charge is 0.134 e. The molecule has 1 aromatic carbocycles. The summed E-state index contributed by atoms with van der Waals surface area (Å²) in [5.74, 6) is 6.60. The summed E-state index contributed by atoms with van der Waals surface area (Å²) in [6, 6.07) is 5.91. The van der Waals surface area contributed by atoms with E-state index >= 15 is 0 Å². The van der Waals surface area contributed by atoms with Gasteiger partial charge in [0.1, 0.15) is 5.75 Å². The van der Waals surface area contributed by atoms with Crippen molar-refractivity contribution in [2.45, 2.75) is 6.54 Å². The zero-order chi connectivity index (χ0) is 15.5. The lowest BCUT2D eigenvalue weighted by molar-refractivity contribution is 0.127. The fraction of sp³-hybridized carbons (Fsp3) is 0.500. The lowest BCUT2D eigenvalue weighted by Crippen LogP contribution is -2.29. The molecule has 3 N–H and O–H groups in total. The molecule has 0 aromatic heterocycles. The van der Waals surface area contributed by atoms with E-state index in [4.69, 9.17) is 20.3 Å². The average Bonchev–Trinajstić information content (AvgIpc) is 2.51. The van der Waals surface area contributed by atoms with E-state index in [1.165, 1.54) is 0 Å². The first-order chi connectivity index (χ1) is 10.2. The topological polar surface area (TPSA) is 68.0 Å². The van der Waals surface area contributed by atoms with Crippen LogP contribution in [0.2, 0.25) is 0 Å². The molecule has 1 aromatic rings. The van der Waals surface area contributed by atoms with Crippen LogP contribution in [-0.4, -0.2) is 57.1 Å². The SMILES string of the molecule is COCCN(CCO)Cc1ccc(OC)c(C#CCN)c1. The molecule has 0 aliphatic carbocycles. The van der Waals surface area contributed by atoms with Crippen LogP contribution >= 0.6 is 0 Å². The number of ether oxygens (including phenoxy) is 2. The minimum absolute atomic E-state index is 0.125. The van der Waals surface area contributed by atoms with Gasteiger partial charge in [0, 0.05) is 26.7 Å². The maximum absolute atomic E-state index is 9.13. The van der Waals surface area contributed by atoms with Gasteiger partial charge in [0.25, 0.3) is 0 Å². The van der Waals surface area contributed by atoms with Gasteiger partial charge < -0.3 is 20.3 Å². The zero-order valence-corrected chi connectivity index (χ0v) is 12.8. The van der Waals surface area contributed by atoms with Crippen molar-refractivity contribution >= 4 is 0 Å². The van der Waals surface area contributed by atoms with Crippen LogP contribution < -0.4 is 10.5 Å². The van der Waals surface area contributed by atoms with E-state index in [2.05, 4.69) is 16.7 Å². The predicted octanol–water partition coefficient (Wildman–Crippen LogP) is 0.446. The van der Waals surface area contributed by atoms with Crippen LogP contribution in [0.15, 0.2) is 18.2 Å². The number of nitrogens with zero attached hydrogens (tertiary/aromatic N) is 1. The number of aliphatic hydroxyl groups excluding tert-OH is 1. The zero-order valence-electron chi connectivity index (χ0n) is 12.8. The fourth-order valence-electron chi connectivity index (χ4n) is 1.99. The molecule has 21 heavy (non-hydrogen) atoms. The third kappa shape index (κ3) is 6.15. The van der Waals surface area contributed by atoms with Gasteiger partial charge in [-0.3, -0.25) is 4.90 Å². The Bertz CT molecular complexity index is 480. The number of nitrogens with two attached hydrogens (primary N) is 1. The molecule has 1 rings (SSSR count). The van der Waals surface area contributed by atoms with Crippen molar-refractivity contribution in [1.82, 2.24) is 4.90 Å². The van der Waals surface area contributed by atoms with Crippen molar-refractivity contribution in [2.75, 3.05) is 47.1 Å². The third-order valence-electron chi connectivity index (χ3n) is 3.02. The van der Waals surface area contributed by atoms with Gasteiger partial charge in [0.05, 0.1) is 32.4 Å². The van der Waals surface area contributed by atoms with Crippen molar-refractivity contribution in [2.24, 2.45) is 5.73 Å². The van der Waals surface area contributed by atoms with E-state index in [-0.39, 0.29) is 6.61 Å². The van der Waals surface area contributed by atoms with E-state index in [1.54, 1.807) is 14.2 Å². The molecule has 0 saturated heterocycles. The highest BCUT2D eigenvalue weighted by molar-refractivity contribution is 5.48. The molecule has 0 fully saturated rings. The summed E-state index contributed by atoms with van der Waals surface area (Å²) in [5, 5.41) is 9.13. The summed E-state index contributed by atoms with van der Waals surface area (Å²) in [4.78, 5) is 2.13. The van der Waals surface area contributed by atoms with Gasteiger partial charge in [0.2, 0.25) is 0 Å². The molecule has 0 aliphatic heterocycles. The summed E-state index contributed by atoms with van der Waals surface area (Å²) in [5.41, 5.74) is 7.36. The highest BCUT2D eigenvalue weighted by Gasteiger charge is 2.08. The molecule has 0 aliphatic rings. The lowest BCUT2D eigenvalue weighted by atomic mass is 10.1. The van der Waals surface area contributed by atoms with E-state index in [0.717, 1.165) is 30.0 Å². The van der Waals surface area contributed by atoms with E-state index < -0.39 is 0 Å². The van der Waals surface area contributed by atoms with Crippen molar-refractivity contribution in [1.29, 1.82) is 0 Å². The molecule has 5 nitrogen and oxygen atoms in total. The second kappa shape index (κ2) is 10.2. The number of hydrogen-bond donors (Lipinski definition) is 2. The maximum atomic E-state index is 9.13. The summed E-state index contributed by atoms with van der Waals surface area (Å²) < 4.78 is 10.4. The molecule has 116 valence electrons. The molecular weight excluding hydrogens is 268 g/mol. The number of hydrogen-bond acceptors (Lipinski definition) is 5. The van der Waals surface area contributed by atoms with Gasteiger partial charge in [-0.1, -0.05) is 17.9 Å². The van der Waals surface area contributed by atoms with Crippen LogP contribution in [0.1, 0.15) is 11.1 Å². The van der Waals surface area contributed by atoms with Gasteiger partial charge >= 0.3 is 0 Å². The van der Waals surface area contributed by atoms with Gasteiger partial charge in [-0.2, -0.15) is 0 Å². The first kappa shape index (κ1) is 17.5. The first-order valence-corrected chi connectivity index (χ1v) is 6.93. The standard InChI is InChI=1S/C16H24N2O3/c1-20-11-9-18(8-10-19)13-14-5-6-16(21-2)15(12-14)4-3-7-17/h5-6,12,19H,7-11,13,17H2,1-2H3. The predicted molar refractivity (Wildman–Crippen MR) is 83.2 cm³/mol. The van der Waals surface area contributed by atoms with Crippen LogP contribution in [-0.2, 0) is 11.3 Å². The van der Waals surface area contributed by atoms with Gasteiger partial charge in [-0.05, 0) is 17.7 Å². The molecule has 0 heterocycles. The Morgan fingerprint density at radius 1 is 1.29 bits per heavy atom. The molecule has 0 atom stereocenters. The quantitative estimate of drug-likeness (QED) is 0.681. The molecule has 0 radical (unpaired) electrons. The van der Waals surface area contributed by atoms with Gasteiger partial charge in [0.15, 0.2) is 0 Å². The molecule has 0 spiro atoms. The summed E-state index contributed by atoms with van der Waals surface area (Å²) in [7, 11) is 3.30. The Kier molecular flexibility index (Phi) is 8.48. The van der Waals surface area contributed by atoms with Crippen LogP contribution in [0.3, 0.4) is 0 Å². The molecular formula is C16H24N2O3. The number of aliphatic hydroxyl groups is 1. The Labute approximate surface area is 126 Å². The van der Waals surface area contributed by atoms with Crippen molar-refractivity contribution < 1.29 is 14.6 Å². The van der Waals surface area contributed by atoms with Crippen LogP contribution in [0.25, 0.3) is 0 Å². The van der Waals surface area contributed by atoms with Gasteiger partial charge in [-0.15, -0.1) is 0 Å². The second-order valence-corrected chi connectivity index (χ2v) is 4.53. The largest absolute Gasteiger partial charge is 0.495 e. The highest BCUT2D eigenvalue weighted by Crippen LogP contribution is 2.19. The molecule has 0 unspecified atom stereocenters. The molecule has 0 bridgehead atoms. The van der Waals surface area contributed by atoms with Gasteiger partial charge in [-0.25, -0.2) is 0 Å². The van der Waals surface area contributed by atoms with Crippen LogP contribution in [0, 0.1) is 11.8 Å². The number of methoxy groups -OCH3 is 2. The first-order valence-electron chi connectivity index (χ1n) is 6.93. The number of benzene rings is 1. The third-order valence-corrected chi connectivity index (χ3v) is 3.02. The Morgan fingerprint density at radius 3 is 2.71 bits per heavy atom. The Morgan fingerprint density at radius 2 is 2.10 bits per heavy atom. The normalized spacial score (nSPS) is 10.3. The van der Waals surface area contributed by atoms with Crippen LogP contribution in [0.5, 0.6) is 5.75 Å². The summed E-state index contributed by atoms with van der Waals surface area (Å²) >= 11 is 0. The Hall–Kier alpha value is -1.58. The minimum atomic E-state index is 0.125. The lowest BCUT2D eigenvalue weighted by Gasteiger charge is -2.21. The molecule has 0 saturated carbocycles. The fourth-order valence-corrected chi connectivity index (χ4v) is 1.99. The van der Waals surface area contributed by atoms with E-state index in [0.29, 0.717) is 19.7 Å². The van der Waals surface area contributed by atoms with E-state index in [1.807, 2.05) is 18.2 Å². The van der Waals surface area contributed by atoms with E-state index in [9.17, 15) is 0 Å². The van der Waals surface area contributed by atoms with Crippen molar-refractivity contribution in [3.63, 3.8) is 0 Å². The summed E-state index contributed by atoms with van der Waals surface area (Å²) in [6.07, 6.45) is 0. The second-order valence-electron chi connectivity index (χ2n) is 4.53. The average molecular weight is 292 g/mol. The maximum Gasteiger partial charge on any atom is 0.134 e. The summed E-state index contributed by atoms with van der Waals surface area (Å²) in [6.45, 7) is 3.19. The molecule has 5 heteroatoms. The van der Waals surface area contributed by atoms with Crippen molar-refractivity contribution in [3.8, 4) is 17.6 Å². The number of rotatable bonds is 8. The van der Waals surface area contributed by atoms with Crippen molar-refractivity contribution in [3.05, 3.63) is 29.3 Å². The van der Waals surface area contributed by atoms with Crippen LogP contribution in [0.4, 0.5) is 0 Å². The Balaban J connectivity index is 2.85.